The van der Waals surface area contributed by atoms with E-state index in [2.05, 4.69) is 4.90 Å². The summed E-state index contributed by atoms with van der Waals surface area (Å²) >= 11 is 0. The fourth-order valence-corrected chi connectivity index (χ4v) is 1.13. The Morgan fingerprint density at radius 2 is 1.89 bits per heavy atom. The van der Waals surface area contributed by atoms with Crippen molar-refractivity contribution in [3.8, 4) is 6.07 Å². The van der Waals surface area contributed by atoms with Gasteiger partial charge in [0, 0.05) is 0 Å². The summed E-state index contributed by atoms with van der Waals surface area (Å²) in [6.45, 7) is 3.78. The zero-order valence-corrected chi connectivity index (χ0v) is 5.51. The average molecular weight is 123 g/mol. The predicted molar refractivity (Wildman–Crippen MR) is 35.3 cm³/mol. The van der Waals surface area contributed by atoms with E-state index in [1.54, 1.807) is 6.54 Å². The van der Waals surface area contributed by atoms with Crippen molar-refractivity contribution in [2.45, 2.75) is 19.3 Å². The lowest BCUT2D eigenvalue weighted by Gasteiger charge is -2.22. The molecule has 0 aromatic rings. The van der Waals surface area contributed by atoms with E-state index < -0.39 is 0 Å². The molecule has 1 fully saturated rings. The summed E-state index contributed by atoms with van der Waals surface area (Å²) in [5.74, 6) is 0. The first-order valence-corrected chi connectivity index (χ1v) is 3.40. The molecule has 0 spiro atoms. The maximum atomic E-state index is 8.27. The largest absolute Gasteiger partial charge is 0.286 e. The van der Waals surface area contributed by atoms with Crippen molar-refractivity contribution in [3.05, 3.63) is 6.54 Å². The van der Waals surface area contributed by atoms with E-state index in [0.29, 0.717) is 0 Å². The normalized spacial score (nSPS) is 21.2. The standard InChI is InChI=1S/C7H11N2/c8-4-7-9-5-2-1-3-6-9/h7H,1-3,5-6H2. The van der Waals surface area contributed by atoms with Crippen LogP contribution in [0.15, 0.2) is 0 Å². The highest BCUT2D eigenvalue weighted by molar-refractivity contribution is 4.91. The van der Waals surface area contributed by atoms with Crippen LogP contribution in [0, 0.1) is 17.9 Å². The Kier molecular flexibility index (Phi) is 2.53. The van der Waals surface area contributed by atoms with Crippen LogP contribution in [0.4, 0.5) is 0 Å². The summed E-state index contributed by atoms with van der Waals surface area (Å²) in [6, 6.07) is 2.04. The zero-order valence-electron chi connectivity index (χ0n) is 5.51. The topological polar surface area (TPSA) is 27.0 Å². The van der Waals surface area contributed by atoms with Crippen LogP contribution in [0.1, 0.15) is 19.3 Å². The van der Waals surface area contributed by atoms with Gasteiger partial charge in [0.25, 0.3) is 0 Å². The molecule has 0 N–H and O–H groups in total. The Hall–Kier alpha value is -0.550. The molecule has 1 radical (unpaired) electrons. The minimum atomic E-state index is 1.08. The predicted octanol–water partition coefficient (Wildman–Crippen LogP) is 1.16. The number of piperidine rings is 1. The molecule has 2 heteroatoms. The minimum Gasteiger partial charge on any atom is -0.286 e. The Morgan fingerprint density at radius 1 is 1.22 bits per heavy atom. The van der Waals surface area contributed by atoms with Gasteiger partial charge in [0.1, 0.15) is 6.54 Å². The maximum absolute atomic E-state index is 8.27. The molecular weight excluding hydrogens is 112 g/mol. The minimum absolute atomic E-state index is 1.08. The molecule has 0 aromatic heterocycles. The van der Waals surface area contributed by atoms with Crippen LogP contribution in [0.25, 0.3) is 0 Å². The zero-order chi connectivity index (χ0) is 6.53. The van der Waals surface area contributed by atoms with Crippen molar-refractivity contribution in [3.63, 3.8) is 0 Å². The molecule has 0 atom stereocenters. The smallest absolute Gasteiger partial charge is 0.127 e. The number of hydrogen-bond acceptors (Lipinski definition) is 2. The van der Waals surface area contributed by atoms with Gasteiger partial charge < -0.3 is 0 Å². The van der Waals surface area contributed by atoms with E-state index in [9.17, 15) is 0 Å². The molecule has 1 saturated heterocycles. The molecule has 2 nitrogen and oxygen atoms in total. The summed E-state index contributed by atoms with van der Waals surface area (Å²) in [6.07, 6.45) is 3.83. The SMILES string of the molecule is N#C[CH]N1CCCCC1. The van der Waals surface area contributed by atoms with Gasteiger partial charge in [-0.25, -0.2) is 0 Å². The lowest BCUT2D eigenvalue weighted by molar-refractivity contribution is 0.289. The highest BCUT2D eigenvalue weighted by Gasteiger charge is 2.08. The lowest BCUT2D eigenvalue weighted by Crippen LogP contribution is -2.26. The number of hydrogen-bond donors (Lipinski definition) is 0. The maximum Gasteiger partial charge on any atom is 0.127 e. The van der Waals surface area contributed by atoms with E-state index in [0.717, 1.165) is 13.1 Å². The van der Waals surface area contributed by atoms with Crippen LogP contribution in [0.2, 0.25) is 0 Å². The molecular formula is C7H11N2. The Morgan fingerprint density at radius 3 is 2.44 bits per heavy atom. The van der Waals surface area contributed by atoms with E-state index in [-0.39, 0.29) is 0 Å². The molecule has 0 unspecified atom stereocenters. The summed E-state index contributed by atoms with van der Waals surface area (Å²) in [7, 11) is 0. The van der Waals surface area contributed by atoms with Gasteiger partial charge in [0.05, 0.1) is 6.07 Å². The number of nitrogens with zero attached hydrogens (tertiary/aromatic N) is 2. The number of likely N-dealkylation sites (tertiary alicyclic amines) is 1. The van der Waals surface area contributed by atoms with Gasteiger partial charge in [-0.1, -0.05) is 6.42 Å². The van der Waals surface area contributed by atoms with Crippen LogP contribution in [0.5, 0.6) is 0 Å². The first-order valence-electron chi connectivity index (χ1n) is 3.40. The van der Waals surface area contributed by atoms with Gasteiger partial charge in [-0.3, -0.25) is 4.90 Å². The van der Waals surface area contributed by atoms with Crippen LogP contribution >= 0.6 is 0 Å². The van der Waals surface area contributed by atoms with Crippen LogP contribution < -0.4 is 0 Å². The molecule has 1 heterocycles. The highest BCUT2D eigenvalue weighted by atomic mass is 15.1. The Labute approximate surface area is 56.1 Å². The average Bonchev–Trinajstić information content (AvgIpc) is 1.91. The highest BCUT2D eigenvalue weighted by Crippen LogP contribution is 2.08. The first-order chi connectivity index (χ1) is 4.43. The summed E-state index contributed by atoms with van der Waals surface area (Å²) in [5.41, 5.74) is 0. The fraction of sp³-hybridized carbons (Fsp3) is 0.714. The molecule has 0 aromatic carbocycles. The Balaban J connectivity index is 2.17. The van der Waals surface area contributed by atoms with Crippen LogP contribution in [-0.2, 0) is 0 Å². The summed E-state index contributed by atoms with van der Waals surface area (Å²) in [4.78, 5) is 2.09. The van der Waals surface area contributed by atoms with Gasteiger partial charge in [0.2, 0.25) is 0 Å². The molecule has 9 heavy (non-hydrogen) atoms. The second-order valence-corrected chi connectivity index (χ2v) is 2.35. The van der Waals surface area contributed by atoms with E-state index >= 15 is 0 Å². The molecule has 0 amide bonds. The molecule has 1 aliphatic rings. The van der Waals surface area contributed by atoms with Gasteiger partial charge in [-0.15, -0.1) is 0 Å². The van der Waals surface area contributed by atoms with E-state index in [1.807, 2.05) is 6.07 Å². The number of rotatable bonds is 1. The van der Waals surface area contributed by atoms with Gasteiger partial charge in [0.15, 0.2) is 0 Å². The van der Waals surface area contributed by atoms with Crippen molar-refractivity contribution in [2.24, 2.45) is 0 Å². The molecule has 1 aliphatic heterocycles. The van der Waals surface area contributed by atoms with Crippen molar-refractivity contribution >= 4 is 0 Å². The van der Waals surface area contributed by atoms with Crippen molar-refractivity contribution in [1.82, 2.24) is 4.90 Å². The monoisotopic (exact) mass is 123 g/mol. The second-order valence-electron chi connectivity index (χ2n) is 2.35. The fourth-order valence-electron chi connectivity index (χ4n) is 1.13. The quantitative estimate of drug-likeness (QED) is 0.523. The third kappa shape index (κ3) is 2.03. The molecule has 1 rings (SSSR count). The first kappa shape index (κ1) is 6.57. The van der Waals surface area contributed by atoms with Gasteiger partial charge in [-0.2, -0.15) is 5.26 Å². The van der Waals surface area contributed by atoms with Crippen molar-refractivity contribution in [2.75, 3.05) is 13.1 Å². The molecule has 0 aliphatic carbocycles. The van der Waals surface area contributed by atoms with Gasteiger partial charge in [-0.05, 0) is 25.9 Å². The van der Waals surface area contributed by atoms with Crippen molar-refractivity contribution < 1.29 is 0 Å². The van der Waals surface area contributed by atoms with E-state index in [4.69, 9.17) is 5.26 Å². The van der Waals surface area contributed by atoms with Gasteiger partial charge >= 0.3 is 0 Å². The molecule has 49 valence electrons. The van der Waals surface area contributed by atoms with E-state index in [1.165, 1.54) is 19.3 Å². The molecule has 0 bridgehead atoms. The summed E-state index contributed by atoms with van der Waals surface area (Å²) in [5, 5.41) is 8.27. The lowest BCUT2D eigenvalue weighted by atomic mass is 10.1. The second kappa shape index (κ2) is 3.47. The molecule has 0 saturated carbocycles. The number of nitriles is 1. The third-order valence-corrected chi connectivity index (χ3v) is 1.63. The van der Waals surface area contributed by atoms with Crippen LogP contribution in [-0.4, -0.2) is 18.0 Å². The van der Waals surface area contributed by atoms with Crippen LogP contribution in [0.3, 0.4) is 0 Å². The van der Waals surface area contributed by atoms with Crippen molar-refractivity contribution in [1.29, 1.82) is 5.26 Å². The third-order valence-electron chi connectivity index (χ3n) is 1.63. The summed E-state index contributed by atoms with van der Waals surface area (Å²) < 4.78 is 0. The Bertz CT molecular complexity index is 109.